The monoisotopic (exact) mass is 250 g/mol. The lowest BCUT2D eigenvalue weighted by atomic mass is 9.94. The van der Waals surface area contributed by atoms with Crippen LogP contribution in [-0.2, 0) is 6.42 Å². The van der Waals surface area contributed by atoms with Gasteiger partial charge in [0.05, 0.1) is 0 Å². The molecule has 96 valence electrons. The molecule has 0 nitrogen and oxygen atoms in total. The second-order valence-corrected chi connectivity index (χ2v) is 6.40. The molecular weight excluding hydrogens is 224 g/mol. The molecule has 1 heteroatoms. The molecule has 0 saturated carbocycles. The summed E-state index contributed by atoms with van der Waals surface area (Å²) in [6, 6.07) is 10.7. The molecule has 0 saturated heterocycles. The number of benzene rings is 1. The van der Waals surface area contributed by atoms with Crippen molar-refractivity contribution in [2.24, 2.45) is 0 Å². The van der Waals surface area contributed by atoms with E-state index in [4.69, 9.17) is 12.6 Å². The number of unbranched alkanes of at least 4 members (excludes halogenated alkanes) is 4. The molecule has 0 radical (unpaired) electrons. The fraction of sp³-hybridized carbons (Fsp3) is 0.625. The van der Waals surface area contributed by atoms with Gasteiger partial charge in [0, 0.05) is 4.75 Å². The van der Waals surface area contributed by atoms with E-state index in [9.17, 15) is 0 Å². The van der Waals surface area contributed by atoms with E-state index in [1.165, 1.54) is 44.1 Å². The maximum atomic E-state index is 4.82. The zero-order chi connectivity index (χ0) is 12.6. The van der Waals surface area contributed by atoms with Crippen molar-refractivity contribution in [3.63, 3.8) is 0 Å². The van der Waals surface area contributed by atoms with Gasteiger partial charge < -0.3 is 0 Å². The van der Waals surface area contributed by atoms with Gasteiger partial charge in [-0.3, -0.25) is 0 Å². The minimum Gasteiger partial charge on any atom is -0.172 e. The molecule has 1 aromatic rings. The van der Waals surface area contributed by atoms with Gasteiger partial charge in [0.1, 0.15) is 0 Å². The quantitative estimate of drug-likeness (QED) is 0.471. The highest BCUT2D eigenvalue weighted by atomic mass is 32.1. The Morgan fingerprint density at radius 2 is 1.65 bits per heavy atom. The summed E-state index contributed by atoms with van der Waals surface area (Å²) >= 11 is 4.82. The van der Waals surface area contributed by atoms with Crippen LogP contribution in [0.1, 0.15) is 57.9 Å². The molecule has 0 aliphatic heterocycles. The molecule has 0 heterocycles. The first-order chi connectivity index (χ1) is 8.14. The Kier molecular flexibility index (Phi) is 6.72. The fourth-order valence-electron chi connectivity index (χ4n) is 2.23. The van der Waals surface area contributed by atoms with E-state index in [1.807, 2.05) is 0 Å². The summed E-state index contributed by atoms with van der Waals surface area (Å²) in [4.78, 5) is 0. The lowest BCUT2D eigenvalue weighted by Gasteiger charge is -2.23. The average Bonchev–Trinajstić information content (AvgIpc) is 2.29. The first-order valence-electron chi connectivity index (χ1n) is 6.90. The predicted molar refractivity (Wildman–Crippen MR) is 80.9 cm³/mol. The molecule has 0 aliphatic rings. The van der Waals surface area contributed by atoms with E-state index < -0.39 is 0 Å². The van der Waals surface area contributed by atoms with Crippen molar-refractivity contribution < 1.29 is 0 Å². The van der Waals surface area contributed by atoms with Crippen LogP contribution in [0.15, 0.2) is 30.3 Å². The summed E-state index contributed by atoms with van der Waals surface area (Å²) in [5.41, 5.74) is 1.40. The SMILES string of the molecule is CCCCCCCC(C)(S)Cc1ccccc1. The van der Waals surface area contributed by atoms with Crippen LogP contribution in [0.4, 0.5) is 0 Å². The molecule has 0 aromatic heterocycles. The van der Waals surface area contributed by atoms with Crippen LogP contribution in [0.3, 0.4) is 0 Å². The molecule has 0 bridgehead atoms. The van der Waals surface area contributed by atoms with Gasteiger partial charge in [-0.25, -0.2) is 0 Å². The molecule has 17 heavy (non-hydrogen) atoms. The third kappa shape index (κ3) is 6.78. The lowest BCUT2D eigenvalue weighted by Crippen LogP contribution is -2.19. The van der Waals surface area contributed by atoms with Crippen LogP contribution in [0.5, 0.6) is 0 Å². The molecule has 0 spiro atoms. The second-order valence-electron chi connectivity index (χ2n) is 5.32. The molecular formula is C16H26S. The van der Waals surface area contributed by atoms with E-state index >= 15 is 0 Å². The predicted octanol–water partition coefficient (Wildman–Crippen LogP) is 5.28. The minimum atomic E-state index is 0.146. The zero-order valence-corrected chi connectivity index (χ0v) is 12.2. The number of hydrogen-bond donors (Lipinski definition) is 1. The van der Waals surface area contributed by atoms with Gasteiger partial charge in [0.25, 0.3) is 0 Å². The summed E-state index contributed by atoms with van der Waals surface area (Å²) < 4.78 is 0.146. The Balaban J connectivity index is 2.26. The maximum Gasteiger partial charge on any atom is 0.0142 e. The van der Waals surface area contributed by atoms with E-state index in [0.717, 1.165) is 6.42 Å². The average molecular weight is 250 g/mol. The highest BCUT2D eigenvalue weighted by molar-refractivity contribution is 7.81. The third-order valence-electron chi connectivity index (χ3n) is 3.25. The molecule has 1 atom stereocenters. The van der Waals surface area contributed by atoms with E-state index in [1.54, 1.807) is 0 Å². The van der Waals surface area contributed by atoms with Gasteiger partial charge in [0.15, 0.2) is 0 Å². The summed E-state index contributed by atoms with van der Waals surface area (Å²) in [6.07, 6.45) is 9.04. The Labute approximate surface area is 112 Å². The van der Waals surface area contributed by atoms with Crippen LogP contribution in [0.2, 0.25) is 0 Å². The van der Waals surface area contributed by atoms with E-state index in [2.05, 4.69) is 44.2 Å². The smallest absolute Gasteiger partial charge is 0.0142 e. The molecule has 1 aromatic carbocycles. The summed E-state index contributed by atoms with van der Waals surface area (Å²) in [7, 11) is 0. The number of hydrogen-bond acceptors (Lipinski definition) is 1. The first-order valence-corrected chi connectivity index (χ1v) is 7.35. The Morgan fingerprint density at radius 3 is 2.29 bits per heavy atom. The van der Waals surface area contributed by atoms with Crippen LogP contribution in [0.25, 0.3) is 0 Å². The van der Waals surface area contributed by atoms with Crippen molar-refractivity contribution in [3.8, 4) is 0 Å². The van der Waals surface area contributed by atoms with Crippen molar-refractivity contribution >= 4 is 12.6 Å². The van der Waals surface area contributed by atoms with Gasteiger partial charge in [-0.15, -0.1) is 0 Å². The summed E-state index contributed by atoms with van der Waals surface area (Å²) in [5, 5.41) is 0. The minimum absolute atomic E-state index is 0.146. The largest absolute Gasteiger partial charge is 0.172 e. The standard InChI is InChI=1S/C16H26S/c1-3-4-5-6-10-13-16(2,17)14-15-11-8-7-9-12-15/h7-9,11-12,17H,3-6,10,13-14H2,1-2H3. The molecule has 1 rings (SSSR count). The molecule has 0 amide bonds. The van der Waals surface area contributed by atoms with Crippen LogP contribution in [0, 0.1) is 0 Å². The van der Waals surface area contributed by atoms with Crippen molar-refractivity contribution in [3.05, 3.63) is 35.9 Å². The molecule has 0 fully saturated rings. The Morgan fingerprint density at radius 1 is 1.00 bits per heavy atom. The maximum absolute atomic E-state index is 4.82. The van der Waals surface area contributed by atoms with Crippen molar-refractivity contribution in [1.82, 2.24) is 0 Å². The summed E-state index contributed by atoms with van der Waals surface area (Å²) in [6.45, 7) is 4.53. The highest BCUT2D eigenvalue weighted by Crippen LogP contribution is 2.26. The van der Waals surface area contributed by atoms with Crippen molar-refractivity contribution in [2.75, 3.05) is 0 Å². The summed E-state index contributed by atoms with van der Waals surface area (Å²) in [5.74, 6) is 0. The van der Waals surface area contributed by atoms with Gasteiger partial charge in [-0.05, 0) is 18.4 Å². The number of rotatable bonds is 8. The highest BCUT2D eigenvalue weighted by Gasteiger charge is 2.18. The van der Waals surface area contributed by atoms with E-state index in [-0.39, 0.29) is 4.75 Å². The first kappa shape index (κ1) is 14.6. The van der Waals surface area contributed by atoms with Crippen LogP contribution < -0.4 is 0 Å². The number of thiol groups is 1. The fourth-order valence-corrected chi connectivity index (χ4v) is 2.57. The van der Waals surface area contributed by atoms with E-state index in [0.29, 0.717) is 0 Å². The van der Waals surface area contributed by atoms with Crippen molar-refractivity contribution in [1.29, 1.82) is 0 Å². The second kappa shape index (κ2) is 7.81. The third-order valence-corrected chi connectivity index (χ3v) is 3.63. The van der Waals surface area contributed by atoms with Crippen molar-refractivity contribution in [2.45, 2.75) is 63.5 Å². The lowest BCUT2D eigenvalue weighted by molar-refractivity contribution is 0.523. The molecule has 0 N–H and O–H groups in total. The zero-order valence-electron chi connectivity index (χ0n) is 11.3. The van der Waals surface area contributed by atoms with Gasteiger partial charge in [-0.1, -0.05) is 76.3 Å². The van der Waals surface area contributed by atoms with Crippen LogP contribution >= 0.6 is 12.6 Å². The van der Waals surface area contributed by atoms with Gasteiger partial charge in [0.2, 0.25) is 0 Å². The van der Waals surface area contributed by atoms with Gasteiger partial charge in [-0.2, -0.15) is 12.6 Å². The molecule has 1 unspecified atom stereocenters. The Hall–Kier alpha value is -0.430. The Bertz CT molecular complexity index is 290. The normalized spacial score (nSPS) is 14.5. The van der Waals surface area contributed by atoms with Gasteiger partial charge >= 0.3 is 0 Å². The van der Waals surface area contributed by atoms with Crippen LogP contribution in [-0.4, -0.2) is 4.75 Å². The topological polar surface area (TPSA) is 0 Å². The molecule has 0 aliphatic carbocycles.